The summed E-state index contributed by atoms with van der Waals surface area (Å²) in [6.45, 7) is 3.94. The number of methoxy groups -OCH3 is 1. The van der Waals surface area contributed by atoms with Gasteiger partial charge < -0.3 is 19.0 Å². The van der Waals surface area contributed by atoms with E-state index in [2.05, 4.69) is 16.0 Å². The number of oxazole rings is 1. The van der Waals surface area contributed by atoms with Gasteiger partial charge in [0.1, 0.15) is 0 Å². The zero-order valence-corrected chi connectivity index (χ0v) is 17.2. The normalized spacial score (nSPS) is 23.4. The van der Waals surface area contributed by atoms with Gasteiger partial charge in [-0.25, -0.2) is 9.59 Å². The molecule has 0 bridgehead atoms. The lowest BCUT2D eigenvalue weighted by atomic mass is 9.89. The fourth-order valence-corrected chi connectivity index (χ4v) is 5.04. The van der Waals surface area contributed by atoms with Gasteiger partial charge in [-0.05, 0) is 64.1 Å². The molecule has 0 radical (unpaired) electrons. The highest BCUT2D eigenvalue weighted by Gasteiger charge is 2.28. The molecule has 158 valence electrons. The number of fused-ring (bicyclic) bond motifs is 1. The first-order valence-corrected chi connectivity index (χ1v) is 10.8. The number of likely N-dealkylation sites (tertiary alicyclic amines) is 2. The van der Waals surface area contributed by atoms with Gasteiger partial charge in [0.15, 0.2) is 5.58 Å². The maximum atomic E-state index is 12.0. The van der Waals surface area contributed by atoms with Crippen LogP contribution in [0.1, 0.15) is 56.4 Å². The molecule has 0 saturated carbocycles. The molecule has 7 nitrogen and oxygen atoms in total. The third-order valence-electron chi connectivity index (χ3n) is 6.47. The van der Waals surface area contributed by atoms with Crippen LogP contribution < -0.4 is 5.76 Å². The van der Waals surface area contributed by atoms with Gasteiger partial charge in [0, 0.05) is 30.6 Å². The standard InChI is InChI=1S/C22H31N3O4/c1-28-22(27)25-14-3-2-8-17(25)9-6-13-24-12-5-7-16(15-24)18-10-4-11-19-20(18)29-21(26)23-19/h4,10-11,16-17H,2-3,5-9,12-15H2,1H3,(H,23,26). The van der Waals surface area contributed by atoms with Gasteiger partial charge in [-0.1, -0.05) is 12.1 Å². The second-order valence-electron chi connectivity index (χ2n) is 8.33. The van der Waals surface area contributed by atoms with Gasteiger partial charge in [-0.15, -0.1) is 0 Å². The molecule has 4 rings (SSSR count). The monoisotopic (exact) mass is 401 g/mol. The van der Waals surface area contributed by atoms with E-state index >= 15 is 0 Å². The highest BCUT2D eigenvalue weighted by Crippen LogP contribution is 2.31. The Morgan fingerprint density at radius 3 is 3.00 bits per heavy atom. The van der Waals surface area contributed by atoms with Gasteiger partial charge >= 0.3 is 11.8 Å². The average Bonchev–Trinajstić information content (AvgIpc) is 3.14. The van der Waals surface area contributed by atoms with Crippen LogP contribution in [0.15, 0.2) is 27.4 Å². The zero-order chi connectivity index (χ0) is 20.2. The number of para-hydroxylation sites is 1. The quantitative estimate of drug-likeness (QED) is 0.826. The third kappa shape index (κ3) is 4.50. The number of nitrogens with zero attached hydrogens (tertiary/aromatic N) is 2. The smallest absolute Gasteiger partial charge is 0.417 e. The van der Waals surface area contributed by atoms with E-state index in [4.69, 9.17) is 9.15 Å². The van der Waals surface area contributed by atoms with Gasteiger partial charge in [0.05, 0.1) is 12.6 Å². The van der Waals surface area contributed by atoms with Gasteiger partial charge in [-0.2, -0.15) is 0 Å². The summed E-state index contributed by atoms with van der Waals surface area (Å²) in [6, 6.07) is 6.28. The molecule has 2 aliphatic rings. The molecule has 3 heterocycles. The number of hydrogen-bond donors (Lipinski definition) is 1. The summed E-state index contributed by atoms with van der Waals surface area (Å²) in [5.74, 6) is -0.00425. The molecule has 1 aromatic heterocycles. The lowest BCUT2D eigenvalue weighted by molar-refractivity contribution is 0.0844. The van der Waals surface area contributed by atoms with Crippen LogP contribution in [-0.4, -0.2) is 60.2 Å². The summed E-state index contributed by atoms with van der Waals surface area (Å²) in [7, 11) is 1.47. The fraction of sp³-hybridized carbons (Fsp3) is 0.636. The maximum absolute atomic E-state index is 12.0. The van der Waals surface area contributed by atoms with E-state index in [0.29, 0.717) is 17.5 Å². The summed E-state index contributed by atoms with van der Waals surface area (Å²) in [5.41, 5.74) is 2.62. The van der Waals surface area contributed by atoms with Crippen molar-refractivity contribution in [3.05, 3.63) is 34.3 Å². The molecular formula is C22H31N3O4. The zero-order valence-electron chi connectivity index (χ0n) is 17.2. The van der Waals surface area contributed by atoms with E-state index in [0.717, 1.165) is 75.8 Å². The molecule has 7 heteroatoms. The minimum atomic E-state index is -0.386. The van der Waals surface area contributed by atoms with Crippen molar-refractivity contribution in [1.82, 2.24) is 14.8 Å². The van der Waals surface area contributed by atoms with E-state index in [1.165, 1.54) is 13.5 Å². The molecule has 1 N–H and O–H groups in total. The van der Waals surface area contributed by atoms with Crippen molar-refractivity contribution in [3.8, 4) is 0 Å². The molecule has 29 heavy (non-hydrogen) atoms. The number of rotatable bonds is 5. The van der Waals surface area contributed by atoms with Crippen LogP contribution in [0.3, 0.4) is 0 Å². The number of ether oxygens (including phenoxy) is 1. The Balaban J connectivity index is 1.34. The van der Waals surface area contributed by atoms with Crippen LogP contribution in [0.25, 0.3) is 11.1 Å². The van der Waals surface area contributed by atoms with E-state index < -0.39 is 0 Å². The van der Waals surface area contributed by atoms with Crippen molar-refractivity contribution in [2.24, 2.45) is 0 Å². The topological polar surface area (TPSA) is 78.8 Å². The number of nitrogens with one attached hydrogen (secondary N) is 1. The lowest BCUT2D eigenvalue weighted by Gasteiger charge is -2.36. The molecule has 2 fully saturated rings. The van der Waals surface area contributed by atoms with Crippen molar-refractivity contribution >= 4 is 17.2 Å². The average molecular weight is 402 g/mol. The Bertz CT molecular complexity index is 890. The van der Waals surface area contributed by atoms with Gasteiger partial charge in [0.25, 0.3) is 0 Å². The van der Waals surface area contributed by atoms with E-state index in [9.17, 15) is 9.59 Å². The van der Waals surface area contributed by atoms with Crippen LogP contribution in [0.4, 0.5) is 4.79 Å². The molecule has 1 amide bonds. The number of carbonyl (C=O) groups excluding carboxylic acids is 1. The molecule has 0 spiro atoms. The minimum absolute atomic E-state index is 0.186. The predicted octanol–water partition coefficient (Wildman–Crippen LogP) is 3.70. The molecular weight excluding hydrogens is 370 g/mol. The number of benzene rings is 1. The SMILES string of the molecule is COC(=O)N1CCCCC1CCCN1CCCC(c2cccc3[nH]c(=O)oc23)C1. The summed E-state index contributed by atoms with van der Waals surface area (Å²) in [6.07, 6.45) is 7.51. The van der Waals surface area contributed by atoms with Crippen molar-refractivity contribution in [1.29, 1.82) is 0 Å². The molecule has 0 aliphatic carbocycles. The van der Waals surface area contributed by atoms with Crippen LogP contribution in [0, 0.1) is 0 Å². The molecule has 2 atom stereocenters. The second-order valence-corrected chi connectivity index (χ2v) is 8.33. The fourth-order valence-electron chi connectivity index (χ4n) is 5.04. The second kappa shape index (κ2) is 9.03. The van der Waals surface area contributed by atoms with Crippen molar-refractivity contribution in [2.45, 2.75) is 56.9 Å². The number of carbonyl (C=O) groups is 1. The van der Waals surface area contributed by atoms with E-state index in [-0.39, 0.29) is 11.8 Å². The number of hydrogen-bond acceptors (Lipinski definition) is 5. The van der Waals surface area contributed by atoms with Crippen molar-refractivity contribution in [2.75, 3.05) is 33.3 Å². The third-order valence-corrected chi connectivity index (χ3v) is 6.47. The van der Waals surface area contributed by atoms with Gasteiger partial charge in [0.2, 0.25) is 0 Å². The predicted molar refractivity (Wildman–Crippen MR) is 111 cm³/mol. The summed E-state index contributed by atoms with van der Waals surface area (Å²) in [4.78, 5) is 30.8. The largest absolute Gasteiger partial charge is 0.453 e. The van der Waals surface area contributed by atoms with Crippen molar-refractivity contribution < 1.29 is 13.9 Å². The molecule has 2 aromatic rings. The Labute approximate surface area is 171 Å². The Morgan fingerprint density at radius 2 is 2.14 bits per heavy atom. The number of H-pyrrole nitrogens is 1. The van der Waals surface area contributed by atoms with Gasteiger partial charge in [-0.3, -0.25) is 4.98 Å². The molecule has 2 aliphatic heterocycles. The summed E-state index contributed by atoms with van der Waals surface area (Å²) < 4.78 is 10.4. The van der Waals surface area contributed by atoms with Crippen LogP contribution in [0.2, 0.25) is 0 Å². The lowest BCUT2D eigenvalue weighted by Crippen LogP contribution is -2.44. The van der Waals surface area contributed by atoms with E-state index in [1.54, 1.807) is 0 Å². The number of amides is 1. The Hall–Kier alpha value is -2.28. The first-order valence-electron chi connectivity index (χ1n) is 10.8. The van der Waals surface area contributed by atoms with Crippen LogP contribution in [-0.2, 0) is 4.74 Å². The Morgan fingerprint density at radius 1 is 1.24 bits per heavy atom. The molecule has 2 unspecified atom stereocenters. The minimum Gasteiger partial charge on any atom is -0.453 e. The number of piperidine rings is 2. The number of aromatic amines is 1. The molecule has 2 saturated heterocycles. The number of aromatic nitrogens is 1. The van der Waals surface area contributed by atoms with Crippen LogP contribution >= 0.6 is 0 Å². The first kappa shape index (κ1) is 20.0. The van der Waals surface area contributed by atoms with Crippen LogP contribution in [0.5, 0.6) is 0 Å². The summed E-state index contributed by atoms with van der Waals surface area (Å²) >= 11 is 0. The first-order chi connectivity index (χ1) is 14.2. The molecule has 1 aromatic carbocycles. The Kier molecular flexibility index (Phi) is 6.23. The highest BCUT2D eigenvalue weighted by molar-refractivity contribution is 5.76. The van der Waals surface area contributed by atoms with Crippen molar-refractivity contribution in [3.63, 3.8) is 0 Å². The van der Waals surface area contributed by atoms with E-state index in [1.807, 2.05) is 17.0 Å². The maximum Gasteiger partial charge on any atom is 0.417 e. The highest BCUT2D eigenvalue weighted by atomic mass is 16.5. The summed E-state index contributed by atoms with van der Waals surface area (Å²) in [5, 5.41) is 0.